The number of halogens is 2. The van der Waals surface area contributed by atoms with Crippen molar-refractivity contribution in [1.29, 1.82) is 0 Å². The molecule has 0 spiro atoms. The van der Waals surface area contributed by atoms with Gasteiger partial charge in [0.1, 0.15) is 17.9 Å². The Labute approximate surface area is 188 Å². The van der Waals surface area contributed by atoms with Crippen molar-refractivity contribution >= 4 is 17.6 Å². The molecule has 9 nitrogen and oxygen atoms in total. The van der Waals surface area contributed by atoms with E-state index in [1.165, 1.54) is 23.4 Å². The monoisotopic (exact) mass is 462 g/mol. The zero-order valence-corrected chi connectivity index (χ0v) is 18.0. The molecule has 1 aromatic heterocycles. The van der Waals surface area contributed by atoms with E-state index in [9.17, 15) is 23.5 Å². The molecule has 3 N–H and O–H groups in total. The lowest BCUT2D eigenvalue weighted by atomic mass is 10.0. The van der Waals surface area contributed by atoms with Crippen molar-refractivity contribution in [3.63, 3.8) is 0 Å². The van der Waals surface area contributed by atoms with E-state index in [-0.39, 0.29) is 29.7 Å². The lowest BCUT2D eigenvalue weighted by Gasteiger charge is -2.28. The van der Waals surface area contributed by atoms with Crippen molar-refractivity contribution in [2.24, 2.45) is 5.92 Å². The standard InChI is InChI=1S/C22H24F2N4O5/c1-12(2)6-17(22(32)27-19-9-25-16(8-26-19)18(30)11-29)28-10-13(7-20(28)31)33-21-14(23)4-3-5-15(21)24/h3-5,7-9,12,17-18,29-30H,6,10-11H2,1-2H3,(H,26,27,32)/t17-,18+/m0/s1. The molecular weight excluding hydrogens is 438 g/mol. The van der Waals surface area contributed by atoms with Gasteiger partial charge in [0.25, 0.3) is 5.91 Å². The largest absolute Gasteiger partial charge is 0.453 e. The fourth-order valence-corrected chi connectivity index (χ4v) is 3.25. The number of carbonyl (C=O) groups excluding carboxylic acids is 2. The number of nitrogens with one attached hydrogen (secondary N) is 1. The number of hydrogen-bond donors (Lipinski definition) is 3. The summed E-state index contributed by atoms with van der Waals surface area (Å²) < 4.78 is 33.1. The van der Waals surface area contributed by atoms with Crippen LogP contribution in [0.1, 0.15) is 32.1 Å². The van der Waals surface area contributed by atoms with Crippen LogP contribution >= 0.6 is 0 Å². The lowest BCUT2D eigenvalue weighted by molar-refractivity contribution is -0.133. The molecule has 11 heteroatoms. The van der Waals surface area contributed by atoms with Crippen molar-refractivity contribution in [2.75, 3.05) is 18.5 Å². The molecule has 2 aromatic rings. The van der Waals surface area contributed by atoms with E-state index in [2.05, 4.69) is 15.3 Å². The maximum Gasteiger partial charge on any atom is 0.251 e. The zero-order valence-electron chi connectivity index (χ0n) is 18.0. The van der Waals surface area contributed by atoms with E-state index in [0.29, 0.717) is 6.42 Å². The number of aromatic nitrogens is 2. The van der Waals surface area contributed by atoms with E-state index in [1.54, 1.807) is 0 Å². The summed E-state index contributed by atoms with van der Waals surface area (Å²) in [7, 11) is 0. The third-order valence-corrected chi connectivity index (χ3v) is 4.86. The van der Waals surface area contributed by atoms with E-state index >= 15 is 0 Å². The summed E-state index contributed by atoms with van der Waals surface area (Å²) in [5.41, 5.74) is 0.135. The number of carbonyl (C=O) groups is 2. The first-order valence-electron chi connectivity index (χ1n) is 10.2. The number of aliphatic hydroxyl groups is 2. The van der Waals surface area contributed by atoms with Crippen LogP contribution in [-0.4, -0.2) is 56.1 Å². The minimum Gasteiger partial charge on any atom is -0.453 e. The molecule has 2 heterocycles. The first-order chi connectivity index (χ1) is 15.7. The average molecular weight is 462 g/mol. The second kappa shape index (κ2) is 10.5. The summed E-state index contributed by atoms with van der Waals surface area (Å²) in [6.45, 7) is 3.09. The van der Waals surface area contributed by atoms with Crippen LogP contribution in [0.2, 0.25) is 0 Å². The van der Waals surface area contributed by atoms with Gasteiger partial charge in [0.05, 0.1) is 31.2 Å². The Morgan fingerprint density at radius 1 is 1.24 bits per heavy atom. The molecule has 0 bridgehead atoms. The molecule has 33 heavy (non-hydrogen) atoms. The predicted octanol–water partition coefficient (Wildman–Crippen LogP) is 1.94. The lowest BCUT2D eigenvalue weighted by Crippen LogP contribution is -2.46. The second-order valence-corrected chi connectivity index (χ2v) is 7.89. The smallest absolute Gasteiger partial charge is 0.251 e. The summed E-state index contributed by atoms with van der Waals surface area (Å²) in [6, 6.07) is 2.36. The van der Waals surface area contributed by atoms with Crippen molar-refractivity contribution < 1.29 is 33.3 Å². The Kier molecular flexibility index (Phi) is 7.67. The summed E-state index contributed by atoms with van der Waals surface area (Å²) in [5.74, 6) is -3.37. The second-order valence-electron chi connectivity index (χ2n) is 7.89. The SMILES string of the molecule is CC(C)C[C@@H](C(=O)Nc1cnc([C@H](O)CO)cn1)N1CC(Oc2c(F)cccc2F)=CC1=O. The van der Waals surface area contributed by atoms with E-state index in [4.69, 9.17) is 9.84 Å². The molecule has 1 aliphatic rings. The molecule has 176 valence electrons. The fraction of sp³-hybridized carbons (Fsp3) is 0.364. The van der Waals surface area contributed by atoms with Gasteiger partial charge in [0, 0.05) is 6.08 Å². The zero-order chi connectivity index (χ0) is 24.1. The molecule has 0 fully saturated rings. The number of rotatable bonds is 9. The Morgan fingerprint density at radius 2 is 1.94 bits per heavy atom. The summed E-state index contributed by atoms with van der Waals surface area (Å²) in [5, 5.41) is 21.1. The Hall–Kier alpha value is -3.44. The third kappa shape index (κ3) is 5.88. The molecule has 2 amide bonds. The predicted molar refractivity (Wildman–Crippen MR) is 113 cm³/mol. The van der Waals surface area contributed by atoms with Gasteiger partial charge in [-0.05, 0) is 24.5 Å². The van der Waals surface area contributed by atoms with Crippen molar-refractivity contribution in [3.05, 3.63) is 59.8 Å². The first-order valence-corrected chi connectivity index (χ1v) is 10.2. The number of ether oxygens (including phenoxy) is 1. The van der Waals surface area contributed by atoms with Gasteiger partial charge in [-0.3, -0.25) is 14.6 Å². The first kappa shape index (κ1) is 24.2. The van der Waals surface area contributed by atoms with Crippen LogP contribution in [0.25, 0.3) is 0 Å². The number of aliphatic hydroxyl groups excluding tert-OH is 2. The molecular formula is C22H24F2N4O5. The summed E-state index contributed by atoms with van der Waals surface area (Å²) in [6.07, 6.45) is 2.64. The highest BCUT2D eigenvalue weighted by molar-refractivity contribution is 5.99. The van der Waals surface area contributed by atoms with Crippen LogP contribution in [0.3, 0.4) is 0 Å². The van der Waals surface area contributed by atoms with Crippen LogP contribution in [0.15, 0.2) is 42.4 Å². The van der Waals surface area contributed by atoms with E-state index in [0.717, 1.165) is 18.2 Å². The molecule has 1 aliphatic heterocycles. The van der Waals surface area contributed by atoms with Gasteiger partial charge in [-0.25, -0.2) is 13.8 Å². The fourth-order valence-electron chi connectivity index (χ4n) is 3.25. The molecule has 0 saturated heterocycles. The van der Waals surface area contributed by atoms with Gasteiger partial charge < -0.3 is 25.2 Å². The highest BCUT2D eigenvalue weighted by Crippen LogP contribution is 2.27. The highest BCUT2D eigenvalue weighted by atomic mass is 19.1. The van der Waals surface area contributed by atoms with Gasteiger partial charge in [-0.2, -0.15) is 0 Å². The van der Waals surface area contributed by atoms with E-state index in [1.807, 2.05) is 13.8 Å². The van der Waals surface area contributed by atoms with Crippen molar-refractivity contribution in [1.82, 2.24) is 14.9 Å². The van der Waals surface area contributed by atoms with Crippen LogP contribution in [0, 0.1) is 17.6 Å². The number of amides is 2. The summed E-state index contributed by atoms with van der Waals surface area (Å²) >= 11 is 0. The third-order valence-electron chi connectivity index (χ3n) is 4.86. The van der Waals surface area contributed by atoms with Crippen molar-refractivity contribution in [2.45, 2.75) is 32.4 Å². The maximum absolute atomic E-state index is 13.9. The van der Waals surface area contributed by atoms with Gasteiger partial charge in [0.15, 0.2) is 23.2 Å². The Morgan fingerprint density at radius 3 is 2.52 bits per heavy atom. The quantitative estimate of drug-likeness (QED) is 0.520. The normalized spacial score (nSPS) is 15.4. The van der Waals surface area contributed by atoms with E-state index < -0.39 is 48.0 Å². The molecule has 3 rings (SSSR count). The number of para-hydroxylation sites is 1. The van der Waals surface area contributed by atoms with Crippen LogP contribution in [-0.2, 0) is 9.59 Å². The number of hydrogen-bond acceptors (Lipinski definition) is 7. The van der Waals surface area contributed by atoms with Crippen molar-refractivity contribution in [3.8, 4) is 5.75 Å². The Balaban J connectivity index is 1.73. The average Bonchev–Trinajstić information content (AvgIpc) is 3.14. The molecule has 0 saturated carbocycles. The number of nitrogens with zero attached hydrogens (tertiary/aromatic N) is 3. The Bertz CT molecular complexity index is 1030. The topological polar surface area (TPSA) is 125 Å². The summed E-state index contributed by atoms with van der Waals surface area (Å²) in [4.78, 5) is 34.8. The number of benzene rings is 1. The molecule has 0 unspecified atom stereocenters. The molecule has 2 atom stereocenters. The maximum atomic E-state index is 13.9. The highest BCUT2D eigenvalue weighted by Gasteiger charge is 2.35. The minimum atomic E-state index is -1.19. The van der Waals surface area contributed by atoms with Gasteiger partial charge in [0.2, 0.25) is 5.91 Å². The molecule has 0 aliphatic carbocycles. The minimum absolute atomic E-state index is 0.00712. The van der Waals surface area contributed by atoms with Crippen LogP contribution < -0.4 is 10.1 Å². The van der Waals surface area contributed by atoms with Gasteiger partial charge in [-0.1, -0.05) is 19.9 Å². The van der Waals surface area contributed by atoms with Crippen LogP contribution in [0.4, 0.5) is 14.6 Å². The molecule has 0 radical (unpaired) electrons. The van der Waals surface area contributed by atoms with Gasteiger partial charge in [-0.15, -0.1) is 0 Å². The van der Waals surface area contributed by atoms with Gasteiger partial charge >= 0.3 is 0 Å². The van der Waals surface area contributed by atoms with Crippen LogP contribution in [0.5, 0.6) is 5.75 Å². The molecule has 1 aromatic carbocycles. The number of anilines is 1.